The normalized spacial score (nSPS) is 22.5. The number of morpholine rings is 1. The molecule has 2 atom stereocenters. The molecule has 2 aliphatic rings. The summed E-state index contributed by atoms with van der Waals surface area (Å²) >= 11 is 3.92. The molecule has 1 N–H and O–H groups in total. The van der Waals surface area contributed by atoms with Gasteiger partial charge in [0.15, 0.2) is 0 Å². The maximum absolute atomic E-state index is 12.5. The fourth-order valence-corrected chi connectivity index (χ4v) is 7.37. The first kappa shape index (κ1) is 27.9. The molecule has 0 spiro atoms. The van der Waals surface area contributed by atoms with Gasteiger partial charge in [-0.15, -0.1) is 23.5 Å². The molecule has 1 amide bonds. The molecule has 0 bridgehead atoms. The molecule has 0 radical (unpaired) electrons. The minimum atomic E-state index is 0.136. The highest BCUT2D eigenvalue weighted by atomic mass is 32.2. The zero-order valence-electron chi connectivity index (χ0n) is 22.2. The summed E-state index contributed by atoms with van der Waals surface area (Å²) < 4.78 is 5.40. The van der Waals surface area contributed by atoms with Crippen molar-refractivity contribution < 1.29 is 9.53 Å². The van der Waals surface area contributed by atoms with Crippen LogP contribution in [0.4, 0.5) is 0 Å². The Balaban J connectivity index is 1.56. The van der Waals surface area contributed by atoms with Crippen LogP contribution in [0, 0.1) is 0 Å². The molecular formula is C28H46N2O2S2. The maximum Gasteiger partial charge on any atom is 0.230 e. The number of thioether (sulfide) groups is 2. The van der Waals surface area contributed by atoms with E-state index < -0.39 is 0 Å². The fraction of sp³-hybridized carbons (Fsp3) is 0.750. The summed E-state index contributed by atoms with van der Waals surface area (Å²) in [6.45, 7) is 19.0. The highest BCUT2D eigenvalue weighted by Gasteiger charge is 2.28. The second-order valence-electron chi connectivity index (χ2n) is 11.8. The molecule has 2 fully saturated rings. The molecule has 34 heavy (non-hydrogen) atoms. The van der Waals surface area contributed by atoms with E-state index in [-0.39, 0.29) is 16.7 Å². The van der Waals surface area contributed by atoms with E-state index in [9.17, 15) is 4.79 Å². The molecular weight excluding hydrogens is 460 g/mol. The zero-order chi connectivity index (χ0) is 24.8. The number of carbonyl (C=O) groups excluding carboxylic acids is 1. The van der Waals surface area contributed by atoms with Crippen molar-refractivity contribution >= 4 is 29.4 Å². The lowest BCUT2D eigenvalue weighted by Gasteiger charge is -2.32. The van der Waals surface area contributed by atoms with Crippen molar-refractivity contribution in [1.29, 1.82) is 0 Å². The highest BCUT2D eigenvalue weighted by Crippen LogP contribution is 2.41. The first-order valence-electron chi connectivity index (χ1n) is 13.0. The predicted molar refractivity (Wildman–Crippen MR) is 148 cm³/mol. The summed E-state index contributed by atoms with van der Waals surface area (Å²) in [5, 5.41) is 4.25. The van der Waals surface area contributed by atoms with Crippen molar-refractivity contribution in [3.8, 4) is 0 Å². The monoisotopic (exact) mass is 506 g/mol. The van der Waals surface area contributed by atoms with Gasteiger partial charge < -0.3 is 10.1 Å². The average Bonchev–Trinajstić information content (AvgIpc) is 2.78. The van der Waals surface area contributed by atoms with Crippen LogP contribution in [-0.4, -0.2) is 66.5 Å². The van der Waals surface area contributed by atoms with Gasteiger partial charge in [0, 0.05) is 41.6 Å². The van der Waals surface area contributed by atoms with Gasteiger partial charge >= 0.3 is 0 Å². The van der Waals surface area contributed by atoms with Crippen LogP contribution in [0.5, 0.6) is 0 Å². The lowest BCUT2D eigenvalue weighted by atomic mass is 9.81. The van der Waals surface area contributed by atoms with Gasteiger partial charge in [0.05, 0.1) is 19.0 Å². The molecule has 1 aromatic carbocycles. The number of nitrogens with one attached hydrogen (secondary N) is 1. The molecule has 1 aliphatic carbocycles. The number of amides is 1. The predicted octanol–water partition coefficient (Wildman–Crippen LogP) is 5.87. The first-order valence-corrected chi connectivity index (χ1v) is 15.0. The van der Waals surface area contributed by atoms with Gasteiger partial charge in [-0.1, -0.05) is 60.5 Å². The standard InChI is InChI=1S/C28H46N2O2S2/c1-27(2,3)21-17-22(28(4,5)6)19-23(18-21)34-25-10-8-7-9-24(25)33-20-26(31)29-11-12-30-13-15-32-16-14-30/h17-19,24-25H,7-16,20H2,1-6H3,(H,29,31)/t24-,25-/m1/s1. The van der Waals surface area contributed by atoms with Crippen LogP contribution in [0.2, 0.25) is 0 Å². The average molecular weight is 507 g/mol. The Labute approximate surface area is 216 Å². The van der Waals surface area contributed by atoms with Gasteiger partial charge in [-0.05, 0) is 46.9 Å². The van der Waals surface area contributed by atoms with Crippen LogP contribution < -0.4 is 5.32 Å². The largest absolute Gasteiger partial charge is 0.379 e. The van der Waals surface area contributed by atoms with Crippen LogP contribution in [-0.2, 0) is 20.4 Å². The summed E-state index contributed by atoms with van der Waals surface area (Å²) in [7, 11) is 0. The van der Waals surface area contributed by atoms with Gasteiger partial charge in [0.1, 0.15) is 0 Å². The third kappa shape index (κ3) is 8.76. The smallest absolute Gasteiger partial charge is 0.230 e. The quantitative estimate of drug-likeness (QED) is 0.478. The van der Waals surface area contributed by atoms with E-state index in [1.807, 2.05) is 11.8 Å². The number of nitrogens with zero attached hydrogens (tertiary/aromatic N) is 1. The van der Waals surface area contributed by atoms with Crippen LogP contribution in [0.3, 0.4) is 0 Å². The van der Waals surface area contributed by atoms with Gasteiger partial charge in [0.2, 0.25) is 5.91 Å². The Morgan fingerprint density at radius 2 is 1.56 bits per heavy atom. The van der Waals surface area contributed by atoms with E-state index >= 15 is 0 Å². The first-order chi connectivity index (χ1) is 16.0. The second kappa shape index (κ2) is 12.5. The Kier molecular flexibility index (Phi) is 10.3. The molecule has 192 valence electrons. The van der Waals surface area contributed by atoms with Crippen LogP contribution in [0.25, 0.3) is 0 Å². The lowest BCUT2D eigenvalue weighted by Crippen LogP contribution is -2.41. The molecule has 3 rings (SSSR count). The third-order valence-electron chi connectivity index (χ3n) is 6.85. The van der Waals surface area contributed by atoms with Crippen LogP contribution in [0.1, 0.15) is 78.4 Å². The number of benzene rings is 1. The van der Waals surface area contributed by atoms with Gasteiger partial charge in [-0.25, -0.2) is 0 Å². The maximum atomic E-state index is 12.5. The SMILES string of the molecule is CC(C)(C)c1cc(S[C@@H]2CCCC[C@H]2SCC(=O)NCCN2CCOCC2)cc(C(C)(C)C)c1. The summed E-state index contributed by atoms with van der Waals surface area (Å²) in [6, 6.07) is 7.22. The van der Waals surface area contributed by atoms with Gasteiger partial charge in [0.25, 0.3) is 0 Å². The number of hydrogen-bond donors (Lipinski definition) is 1. The van der Waals surface area contributed by atoms with E-state index in [0.29, 0.717) is 16.3 Å². The second-order valence-corrected chi connectivity index (χ2v) is 14.4. The topological polar surface area (TPSA) is 41.6 Å². The van der Waals surface area contributed by atoms with E-state index in [1.54, 1.807) is 0 Å². The summed E-state index contributed by atoms with van der Waals surface area (Å²) in [6.07, 6.45) is 5.04. The Morgan fingerprint density at radius 3 is 2.15 bits per heavy atom. The molecule has 4 nitrogen and oxygen atoms in total. The summed E-state index contributed by atoms with van der Waals surface area (Å²) in [4.78, 5) is 16.3. The van der Waals surface area contributed by atoms with Crippen molar-refractivity contribution in [2.75, 3.05) is 45.1 Å². The minimum absolute atomic E-state index is 0.136. The molecule has 1 heterocycles. The summed E-state index contributed by atoms with van der Waals surface area (Å²) in [5.74, 6) is 0.748. The minimum Gasteiger partial charge on any atom is -0.379 e. The third-order valence-corrected chi connectivity index (χ3v) is 9.82. The Hall–Kier alpha value is -0.690. The van der Waals surface area contributed by atoms with Crippen LogP contribution >= 0.6 is 23.5 Å². The highest BCUT2D eigenvalue weighted by molar-refractivity contribution is 8.04. The van der Waals surface area contributed by atoms with E-state index in [1.165, 1.54) is 41.7 Å². The fourth-order valence-electron chi connectivity index (χ4n) is 4.51. The van der Waals surface area contributed by atoms with Gasteiger partial charge in [-0.2, -0.15) is 0 Å². The molecule has 0 aromatic heterocycles. The van der Waals surface area contributed by atoms with Crippen LogP contribution in [0.15, 0.2) is 23.1 Å². The van der Waals surface area contributed by atoms with Crippen molar-refractivity contribution in [3.63, 3.8) is 0 Å². The molecule has 0 unspecified atom stereocenters. The van der Waals surface area contributed by atoms with Crippen molar-refractivity contribution in [2.45, 2.75) is 93.5 Å². The molecule has 1 saturated carbocycles. The molecule has 1 aromatic rings. The Morgan fingerprint density at radius 1 is 0.971 bits per heavy atom. The van der Waals surface area contributed by atoms with Gasteiger partial charge in [-0.3, -0.25) is 9.69 Å². The number of carbonyl (C=O) groups is 1. The van der Waals surface area contributed by atoms with E-state index in [0.717, 1.165) is 39.4 Å². The zero-order valence-corrected chi connectivity index (χ0v) is 23.9. The summed E-state index contributed by atoms with van der Waals surface area (Å²) in [5.41, 5.74) is 3.11. The van der Waals surface area contributed by atoms with Crippen molar-refractivity contribution in [1.82, 2.24) is 10.2 Å². The van der Waals surface area contributed by atoms with E-state index in [2.05, 4.69) is 81.7 Å². The molecule has 1 saturated heterocycles. The number of hydrogen-bond acceptors (Lipinski definition) is 5. The van der Waals surface area contributed by atoms with Crippen molar-refractivity contribution in [2.24, 2.45) is 0 Å². The lowest BCUT2D eigenvalue weighted by molar-refractivity contribution is -0.118. The van der Waals surface area contributed by atoms with E-state index in [4.69, 9.17) is 4.74 Å². The Bertz CT molecular complexity index is 762. The molecule has 1 aliphatic heterocycles. The number of rotatable bonds is 8. The van der Waals surface area contributed by atoms with Crippen molar-refractivity contribution in [3.05, 3.63) is 29.3 Å². The molecule has 6 heteroatoms. The number of ether oxygens (including phenoxy) is 1.